The maximum atomic E-state index is 14.8. The molecule has 0 aliphatic rings. The molecule has 104 heavy (non-hydrogen) atoms. The smallest absolute Gasteiger partial charge is 0.307 e. The van der Waals surface area contributed by atoms with E-state index in [1.807, 2.05) is 0 Å². The van der Waals surface area contributed by atoms with E-state index in [9.17, 15) is 137 Å². The monoisotopic (exact) mass is 1490 g/mol. The van der Waals surface area contributed by atoms with Crippen LogP contribution < -0.4 is 0 Å². The quantitative estimate of drug-likeness (QED) is 0.146. The van der Waals surface area contributed by atoms with Gasteiger partial charge in [0.25, 0.3) is 0 Å². The molecule has 0 saturated carbocycles. The third-order valence-corrected chi connectivity index (χ3v) is 16.8. The number of hydrogen-bond donors (Lipinski definition) is 0. The molecule has 0 bridgehead atoms. The summed E-state index contributed by atoms with van der Waals surface area (Å²) in [7, 11) is 0. The highest BCUT2D eigenvalue weighted by Gasteiger charge is 2.43. The molecule has 12 rings (SSSR count). The summed E-state index contributed by atoms with van der Waals surface area (Å²) < 4.78 is 437. The highest BCUT2D eigenvalue weighted by Crippen LogP contribution is 2.50. The van der Waals surface area contributed by atoms with Gasteiger partial charge in [-0.15, -0.1) is 0 Å². The van der Waals surface area contributed by atoms with Crippen LogP contribution in [0.1, 0.15) is 61.2 Å². The van der Waals surface area contributed by atoms with Gasteiger partial charge in [0.15, 0.2) is 0 Å². The summed E-state index contributed by atoms with van der Waals surface area (Å²) in [5, 5.41) is 9.27. The minimum absolute atomic E-state index is 0.132. The van der Waals surface area contributed by atoms with Crippen molar-refractivity contribution in [3.8, 4) is 73.1 Å². The van der Waals surface area contributed by atoms with Crippen molar-refractivity contribution in [2.24, 2.45) is 0 Å². The van der Waals surface area contributed by atoms with Gasteiger partial charge in [0.1, 0.15) is 0 Å². The number of aromatic nitrogens is 2. The first-order valence-corrected chi connectivity index (χ1v) is 29.0. The van der Waals surface area contributed by atoms with Crippen LogP contribution in [0, 0.1) is 11.3 Å². The first-order valence-electron chi connectivity index (χ1n) is 29.0. The standard InChI is InChI=1S/C71H29F30N3/c72-62(73,74)41-9-35(10-42(24-41)63(75,76)77)31-1-5-56-52(19-31)53-20-32(36-11-43(64(78,79)80)25-44(12-36)65(81,82)83)2-6-57(53)103(56)60-23-40(30-102)51(39-17-49(70(96,97)98)28-50(18-39)71(99,100)101)29-61(60)104-58-7-3-33(37-13-45(66(84,85)86)26-46(14-37)67(87,88)89)21-54(58)55-22-34(4-8-59(55)104)38-15-47(68(90,91)92)27-48(16-38)69(93,94)95/h1-29H. The van der Waals surface area contributed by atoms with E-state index in [0.29, 0.717) is 0 Å². The Kier molecular flexibility index (Phi) is 16.9. The molecular formula is C71H29F30N3. The van der Waals surface area contributed by atoms with Crippen molar-refractivity contribution in [3.63, 3.8) is 0 Å². The zero-order chi connectivity index (χ0) is 76.3. The van der Waals surface area contributed by atoms with Crippen LogP contribution in [-0.2, 0) is 61.8 Å². The number of alkyl halides is 30. The number of fused-ring (bicyclic) bond motifs is 6. The van der Waals surface area contributed by atoms with E-state index in [1.165, 1.54) is 0 Å². The molecule has 10 aromatic carbocycles. The highest BCUT2D eigenvalue weighted by atomic mass is 19.4. The predicted molar refractivity (Wildman–Crippen MR) is 317 cm³/mol. The van der Waals surface area contributed by atoms with Crippen LogP contribution in [0.2, 0.25) is 0 Å². The van der Waals surface area contributed by atoms with E-state index in [1.54, 1.807) is 6.07 Å². The number of nitriles is 1. The van der Waals surface area contributed by atoms with Crippen molar-refractivity contribution in [2.75, 3.05) is 0 Å². The van der Waals surface area contributed by atoms with E-state index in [4.69, 9.17) is 0 Å². The van der Waals surface area contributed by atoms with Crippen LogP contribution in [0.5, 0.6) is 0 Å². The van der Waals surface area contributed by atoms with Gasteiger partial charge in [0, 0.05) is 27.1 Å². The zero-order valence-corrected chi connectivity index (χ0v) is 50.4. The Morgan fingerprint density at radius 2 is 0.385 bits per heavy atom. The Labute approximate surface area is 560 Å². The fourth-order valence-corrected chi connectivity index (χ4v) is 12.1. The Morgan fingerprint density at radius 1 is 0.202 bits per heavy atom. The summed E-state index contributed by atoms with van der Waals surface area (Å²) in [6, 6.07) is 14.5. The molecule has 0 atom stereocenters. The molecule has 2 aromatic heterocycles. The molecule has 0 amide bonds. The number of halogens is 30. The second-order valence-corrected chi connectivity index (χ2v) is 23.6. The molecule has 0 fully saturated rings. The van der Waals surface area contributed by atoms with Gasteiger partial charge in [-0.25, -0.2) is 0 Å². The normalized spacial score (nSPS) is 13.5. The summed E-state index contributed by atoms with van der Waals surface area (Å²) in [4.78, 5) is 0. The van der Waals surface area contributed by atoms with Crippen LogP contribution in [0.3, 0.4) is 0 Å². The molecule has 3 nitrogen and oxygen atoms in total. The molecule has 0 saturated heterocycles. The lowest BCUT2D eigenvalue weighted by atomic mass is 9.94. The molecule has 2 heterocycles. The van der Waals surface area contributed by atoms with Crippen LogP contribution >= 0.6 is 0 Å². The van der Waals surface area contributed by atoms with Gasteiger partial charge in [0.05, 0.1) is 101 Å². The molecule has 538 valence electrons. The third kappa shape index (κ3) is 13.9. The first-order chi connectivity index (χ1) is 47.7. The first kappa shape index (κ1) is 73.0. The molecule has 0 radical (unpaired) electrons. The minimum Gasteiger partial charge on any atom is -0.307 e. The molecule has 0 spiro atoms. The van der Waals surface area contributed by atoms with E-state index in [0.717, 1.165) is 94.1 Å². The predicted octanol–water partition coefficient (Wildman–Crippen LogP) is 26.3. The summed E-state index contributed by atoms with van der Waals surface area (Å²) in [6.07, 6.45) is -55.4. The van der Waals surface area contributed by atoms with Crippen molar-refractivity contribution in [1.82, 2.24) is 9.13 Å². The molecule has 0 aliphatic carbocycles. The van der Waals surface area contributed by atoms with Crippen molar-refractivity contribution in [2.45, 2.75) is 61.8 Å². The second-order valence-electron chi connectivity index (χ2n) is 23.6. The Hall–Kier alpha value is -10.8. The average molecular weight is 1490 g/mol. The topological polar surface area (TPSA) is 33.6 Å². The lowest BCUT2D eigenvalue weighted by Gasteiger charge is -2.21. The largest absolute Gasteiger partial charge is 0.416 e. The fraction of sp³-hybridized carbons (Fsp3) is 0.141. The van der Waals surface area contributed by atoms with E-state index < -0.39 is 234 Å². The molecule has 33 heteroatoms. The third-order valence-electron chi connectivity index (χ3n) is 16.8. The van der Waals surface area contributed by atoms with Gasteiger partial charge in [-0.3, -0.25) is 0 Å². The Morgan fingerprint density at radius 3 is 0.567 bits per heavy atom. The Bertz CT molecular complexity index is 5110. The summed E-state index contributed by atoms with van der Waals surface area (Å²) in [6.45, 7) is 0. The average Bonchev–Trinajstić information content (AvgIpc) is 1.55. The van der Waals surface area contributed by atoms with Crippen molar-refractivity contribution in [1.29, 1.82) is 5.26 Å². The van der Waals surface area contributed by atoms with E-state index >= 15 is 0 Å². The minimum atomic E-state index is -5.64. The number of benzene rings is 10. The van der Waals surface area contributed by atoms with Crippen LogP contribution in [0.25, 0.3) is 111 Å². The summed E-state index contributed by atoms with van der Waals surface area (Å²) in [5.41, 5.74) is -30.8. The fourth-order valence-electron chi connectivity index (χ4n) is 12.1. The van der Waals surface area contributed by atoms with Gasteiger partial charge >= 0.3 is 61.8 Å². The van der Waals surface area contributed by atoms with Crippen molar-refractivity contribution < 1.29 is 132 Å². The van der Waals surface area contributed by atoms with Crippen LogP contribution in [0.4, 0.5) is 132 Å². The van der Waals surface area contributed by atoms with Gasteiger partial charge in [0.2, 0.25) is 0 Å². The van der Waals surface area contributed by atoms with E-state index in [2.05, 4.69) is 0 Å². The molecule has 0 N–H and O–H groups in total. The van der Waals surface area contributed by atoms with Gasteiger partial charge < -0.3 is 9.13 Å². The van der Waals surface area contributed by atoms with Gasteiger partial charge in [-0.05, 0) is 202 Å². The molecule has 0 aliphatic heterocycles. The van der Waals surface area contributed by atoms with Gasteiger partial charge in [-0.1, -0.05) is 24.3 Å². The lowest BCUT2D eigenvalue weighted by Crippen LogP contribution is -2.11. The van der Waals surface area contributed by atoms with E-state index in [-0.39, 0.29) is 91.0 Å². The lowest BCUT2D eigenvalue weighted by molar-refractivity contribution is -0.144. The zero-order valence-electron chi connectivity index (χ0n) is 50.4. The van der Waals surface area contributed by atoms with Crippen LogP contribution in [-0.4, -0.2) is 9.13 Å². The number of hydrogen-bond acceptors (Lipinski definition) is 1. The summed E-state index contributed by atoms with van der Waals surface area (Å²) in [5.74, 6) is 0. The van der Waals surface area contributed by atoms with Gasteiger partial charge in [-0.2, -0.15) is 137 Å². The summed E-state index contributed by atoms with van der Waals surface area (Å²) >= 11 is 0. The maximum Gasteiger partial charge on any atom is 0.416 e. The Balaban J connectivity index is 1.26. The van der Waals surface area contributed by atoms with Crippen molar-refractivity contribution >= 4 is 43.6 Å². The van der Waals surface area contributed by atoms with Crippen molar-refractivity contribution in [3.05, 3.63) is 237 Å². The molecular weight excluding hydrogens is 1460 g/mol. The molecule has 0 unspecified atom stereocenters. The highest BCUT2D eigenvalue weighted by molar-refractivity contribution is 6.14. The maximum absolute atomic E-state index is 14.8. The molecule has 12 aromatic rings. The number of rotatable bonds is 7. The van der Waals surface area contributed by atoms with Crippen LogP contribution in [0.15, 0.2) is 176 Å². The second kappa shape index (κ2) is 24.1. The SMILES string of the molecule is N#Cc1cc(-n2c3ccc(-c4cc(C(F)(F)F)cc(C(F)(F)F)c4)cc3c3cc(-c4cc(C(F)(F)F)cc(C(F)(F)F)c4)ccc32)c(-n2c3ccc(-c4cc(C(F)(F)F)cc(C(F)(F)F)c4)cc3c3cc(-c4cc(C(F)(F)F)cc(C(F)(F)F)c4)ccc32)cc1-c1cc(C(F)(F)F)cc(C(F)(F)F)c1. The number of nitrogens with zero attached hydrogens (tertiary/aromatic N) is 3.